The lowest BCUT2D eigenvalue weighted by Crippen LogP contribution is -2.27. The van der Waals surface area contributed by atoms with Gasteiger partial charge < -0.3 is 11.1 Å². The average molecular weight is 192 g/mol. The molecule has 14 heavy (non-hydrogen) atoms. The maximum Gasteiger partial charge on any atom is 0.193 e. The smallest absolute Gasteiger partial charge is 0.193 e. The summed E-state index contributed by atoms with van der Waals surface area (Å²) in [5.41, 5.74) is 6.38. The number of aliphatic imine (C=N–C) groups is 1. The van der Waals surface area contributed by atoms with Gasteiger partial charge in [-0.3, -0.25) is 4.98 Å². The minimum Gasteiger partial charge on any atom is -0.370 e. The number of nitrogens with two attached hydrogens (primary N) is 1. The molecule has 0 aromatic carbocycles. The number of guanidine groups is 1. The largest absolute Gasteiger partial charge is 0.370 e. The Labute approximate surface area is 84.3 Å². The van der Waals surface area contributed by atoms with Gasteiger partial charge in [0.25, 0.3) is 0 Å². The molecule has 0 fully saturated rings. The lowest BCUT2D eigenvalue weighted by molar-refractivity contribution is 0.583. The zero-order valence-corrected chi connectivity index (χ0v) is 8.78. The maximum atomic E-state index is 5.70. The van der Waals surface area contributed by atoms with Crippen molar-refractivity contribution >= 4 is 11.6 Å². The highest BCUT2D eigenvalue weighted by atomic mass is 15.1. The van der Waals surface area contributed by atoms with Gasteiger partial charge in [-0.25, -0.2) is 4.99 Å². The van der Waals surface area contributed by atoms with Crippen molar-refractivity contribution in [1.82, 2.24) is 4.98 Å². The van der Waals surface area contributed by atoms with Crippen molar-refractivity contribution in [2.45, 2.75) is 26.3 Å². The van der Waals surface area contributed by atoms with Crippen molar-refractivity contribution in [2.75, 3.05) is 5.32 Å². The van der Waals surface area contributed by atoms with E-state index < -0.39 is 0 Å². The van der Waals surface area contributed by atoms with E-state index in [0.29, 0.717) is 5.96 Å². The first kappa shape index (κ1) is 10.5. The van der Waals surface area contributed by atoms with E-state index >= 15 is 0 Å². The second-order valence-corrected chi connectivity index (χ2v) is 4.03. The summed E-state index contributed by atoms with van der Waals surface area (Å²) in [7, 11) is 0. The van der Waals surface area contributed by atoms with E-state index in [2.05, 4.69) is 15.3 Å². The van der Waals surface area contributed by atoms with Gasteiger partial charge in [0.15, 0.2) is 5.96 Å². The van der Waals surface area contributed by atoms with Gasteiger partial charge in [-0.05, 0) is 32.9 Å². The molecule has 1 aromatic rings. The van der Waals surface area contributed by atoms with Crippen LogP contribution in [0.5, 0.6) is 0 Å². The van der Waals surface area contributed by atoms with Gasteiger partial charge in [-0.1, -0.05) is 0 Å². The van der Waals surface area contributed by atoms with E-state index in [1.54, 1.807) is 12.4 Å². The normalized spacial score (nSPS) is 12.6. The number of hydrogen-bond acceptors (Lipinski definition) is 2. The number of anilines is 1. The third kappa shape index (κ3) is 3.89. The van der Waals surface area contributed by atoms with Crippen LogP contribution in [-0.2, 0) is 0 Å². The van der Waals surface area contributed by atoms with Gasteiger partial charge in [0.2, 0.25) is 0 Å². The highest BCUT2D eigenvalue weighted by Gasteiger charge is 2.07. The Balaban J connectivity index is 2.67. The van der Waals surface area contributed by atoms with Crippen LogP contribution in [0.2, 0.25) is 0 Å². The zero-order chi connectivity index (χ0) is 10.6. The lowest BCUT2D eigenvalue weighted by Gasteiger charge is -2.14. The summed E-state index contributed by atoms with van der Waals surface area (Å²) in [6, 6.07) is 3.73. The first-order valence-corrected chi connectivity index (χ1v) is 4.50. The van der Waals surface area contributed by atoms with E-state index in [-0.39, 0.29) is 5.54 Å². The number of nitrogens with one attached hydrogen (secondary N) is 1. The number of rotatable bonds is 1. The first-order chi connectivity index (χ1) is 6.47. The fraction of sp³-hybridized carbons (Fsp3) is 0.400. The molecule has 0 aliphatic carbocycles. The fourth-order valence-corrected chi connectivity index (χ4v) is 0.974. The van der Waals surface area contributed by atoms with Crippen molar-refractivity contribution in [2.24, 2.45) is 10.7 Å². The van der Waals surface area contributed by atoms with Crippen LogP contribution in [0, 0.1) is 0 Å². The van der Waals surface area contributed by atoms with Crippen LogP contribution < -0.4 is 11.1 Å². The Bertz CT molecular complexity index is 311. The molecule has 4 nitrogen and oxygen atoms in total. The molecule has 3 N–H and O–H groups in total. The standard InChI is InChI=1S/C10H16N4/c1-10(2,3)14-9(11)13-8-5-4-6-12-7-8/h4-7H,1-3H3,(H3,11,13,14). The van der Waals surface area contributed by atoms with Crippen LogP contribution in [0.1, 0.15) is 20.8 Å². The SMILES string of the molecule is CC(C)(C)N=C(N)Nc1cccnc1. The summed E-state index contributed by atoms with van der Waals surface area (Å²) in [6.07, 6.45) is 3.41. The second kappa shape index (κ2) is 4.09. The minimum atomic E-state index is -0.167. The van der Waals surface area contributed by atoms with Gasteiger partial charge >= 0.3 is 0 Å². The molecule has 0 aliphatic rings. The number of aromatic nitrogens is 1. The lowest BCUT2D eigenvalue weighted by atomic mass is 10.1. The molecule has 0 saturated heterocycles. The summed E-state index contributed by atoms with van der Waals surface area (Å²) in [4.78, 5) is 8.22. The van der Waals surface area contributed by atoms with Crippen molar-refractivity contribution in [3.05, 3.63) is 24.5 Å². The Hall–Kier alpha value is -1.58. The fourth-order valence-electron chi connectivity index (χ4n) is 0.974. The molecule has 0 aliphatic heterocycles. The predicted molar refractivity (Wildman–Crippen MR) is 59.2 cm³/mol. The van der Waals surface area contributed by atoms with Crippen LogP contribution >= 0.6 is 0 Å². The third-order valence-corrected chi connectivity index (χ3v) is 1.39. The van der Waals surface area contributed by atoms with Crippen LogP contribution in [0.3, 0.4) is 0 Å². The Morgan fingerprint density at radius 2 is 2.21 bits per heavy atom. The molecule has 0 spiro atoms. The monoisotopic (exact) mass is 192 g/mol. The topological polar surface area (TPSA) is 63.3 Å². The molecule has 1 aromatic heterocycles. The Kier molecular flexibility index (Phi) is 3.06. The summed E-state index contributed by atoms with van der Waals surface area (Å²) in [6.45, 7) is 5.97. The van der Waals surface area contributed by atoms with E-state index in [1.807, 2.05) is 32.9 Å². The van der Waals surface area contributed by atoms with Gasteiger partial charge in [-0.15, -0.1) is 0 Å². The highest BCUT2D eigenvalue weighted by Crippen LogP contribution is 2.07. The van der Waals surface area contributed by atoms with Crippen LogP contribution in [0.4, 0.5) is 5.69 Å². The Morgan fingerprint density at radius 3 is 2.71 bits per heavy atom. The predicted octanol–water partition coefficient (Wildman–Crippen LogP) is 1.61. The summed E-state index contributed by atoms with van der Waals surface area (Å²) in [5.74, 6) is 0.408. The van der Waals surface area contributed by atoms with Crippen molar-refractivity contribution in [1.29, 1.82) is 0 Å². The van der Waals surface area contributed by atoms with Crippen molar-refractivity contribution in [3.63, 3.8) is 0 Å². The Morgan fingerprint density at radius 1 is 1.50 bits per heavy atom. The number of pyridine rings is 1. The first-order valence-electron chi connectivity index (χ1n) is 4.50. The molecule has 0 unspecified atom stereocenters. The van der Waals surface area contributed by atoms with Gasteiger partial charge in [0, 0.05) is 6.20 Å². The molecule has 0 bridgehead atoms. The molecule has 76 valence electrons. The van der Waals surface area contributed by atoms with E-state index in [1.165, 1.54) is 0 Å². The van der Waals surface area contributed by atoms with E-state index in [0.717, 1.165) is 5.69 Å². The quantitative estimate of drug-likeness (QED) is 0.525. The van der Waals surface area contributed by atoms with Gasteiger partial charge in [-0.2, -0.15) is 0 Å². The number of hydrogen-bond donors (Lipinski definition) is 2. The van der Waals surface area contributed by atoms with Gasteiger partial charge in [0.1, 0.15) is 0 Å². The molecular formula is C10H16N4. The van der Waals surface area contributed by atoms with Gasteiger partial charge in [0.05, 0.1) is 17.4 Å². The molecule has 0 amide bonds. The molecule has 0 atom stereocenters. The van der Waals surface area contributed by atoms with Crippen molar-refractivity contribution < 1.29 is 0 Å². The van der Waals surface area contributed by atoms with Crippen LogP contribution in [0.25, 0.3) is 0 Å². The minimum absolute atomic E-state index is 0.167. The zero-order valence-electron chi connectivity index (χ0n) is 8.78. The summed E-state index contributed by atoms with van der Waals surface area (Å²) < 4.78 is 0. The molecule has 0 saturated carbocycles. The third-order valence-electron chi connectivity index (χ3n) is 1.39. The second-order valence-electron chi connectivity index (χ2n) is 4.03. The summed E-state index contributed by atoms with van der Waals surface area (Å²) in [5, 5.41) is 2.96. The van der Waals surface area contributed by atoms with E-state index in [9.17, 15) is 0 Å². The summed E-state index contributed by atoms with van der Waals surface area (Å²) >= 11 is 0. The molecule has 1 heterocycles. The van der Waals surface area contributed by atoms with Crippen LogP contribution in [-0.4, -0.2) is 16.5 Å². The van der Waals surface area contributed by atoms with Crippen molar-refractivity contribution in [3.8, 4) is 0 Å². The van der Waals surface area contributed by atoms with E-state index in [4.69, 9.17) is 5.73 Å². The van der Waals surface area contributed by atoms with Crippen LogP contribution in [0.15, 0.2) is 29.5 Å². The molecule has 1 rings (SSSR count). The molecular weight excluding hydrogens is 176 g/mol. The molecule has 0 radical (unpaired) electrons. The highest BCUT2D eigenvalue weighted by molar-refractivity contribution is 5.92. The average Bonchev–Trinajstić information content (AvgIpc) is 2.02. The number of nitrogens with zero attached hydrogens (tertiary/aromatic N) is 2. The molecule has 4 heteroatoms. The maximum absolute atomic E-state index is 5.70.